The molecule has 0 bridgehead atoms. The van der Waals surface area contributed by atoms with Crippen molar-refractivity contribution in [1.82, 2.24) is 0 Å². The Kier molecular flexibility index (Phi) is 6.51. The van der Waals surface area contributed by atoms with Crippen LogP contribution in [-0.4, -0.2) is 36.2 Å². The molecule has 0 saturated heterocycles. The van der Waals surface area contributed by atoms with E-state index in [0.717, 1.165) is 0 Å². The molecule has 0 amide bonds. The summed E-state index contributed by atoms with van der Waals surface area (Å²) in [6.45, 7) is 4.12. The monoisotopic (exact) mass is 291 g/mol. The highest BCUT2D eigenvalue weighted by atomic mass is 35.5. The lowest BCUT2D eigenvalue weighted by Crippen LogP contribution is -2.46. The second-order valence-corrected chi connectivity index (χ2v) is 4.55. The van der Waals surface area contributed by atoms with Gasteiger partial charge in [-0.25, -0.2) is 4.39 Å². The van der Waals surface area contributed by atoms with Crippen LogP contribution in [0.5, 0.6) is 0 Å². The van der Waals surface area contributed by atoms with Gasteiger partial charge in [0, 0.05) is 13.2 Å². The van der Waals surface area contributed by atoms with Gasteiger partial charge in [-0.1, -0.05) is 23.7 Å². The van der Waals surface area contributed by atoms with Crippen LogP contribution in [0.4, 0.5) is 10.1 Å². The number of anilines is 1. The number of alkyl halides is 1. The molecule has 0 aliphatic carbocycles. The van der Waals surface area contributed by atoms with E-state index >= 15 is 0 Å². The van der Waals surface area contributed by atoms with Crippen LogP contribution in [0.3, 0.4) is 0 Å². The number of ether oxygens (including phenoxy) is 2. The van der Waals surface area contributed by atoms with Crippen molar-refractivity contribution in [3.8, 4) is 0 Å². The molecule has 6 heteroatoms. The topological polar surface area (TPSA) is 50.7 Å². The number of rotatable bonds is 8. The SMILES string of the molecule is CCOC(OCC)C(O)(Cl)CNc1ccccc1F. The Balaban J connectivity index is 2.64. The second kappa shape index (κ2) is 7.65. The maximum absolute atomic E-state index is 13.4. The van der Waals surface area contributed by atoms with Crippen LogP contribution in [0.2, 0.25) is 0 Å². The molecule has 1 atom stereocenters. The van der Waals surface area contributed by atoms with Crippen LogP contribution < -0.4 is 5.32 Å². The summed E-state index contributed by atoms with van der Waals surface area (Å²) in [6.07, 6.45) is -0.983. The van der Waals surface area contributed by atoms with E-state index in [-0.39, 0.29) is 12.2 Å². The lowest BCUT2D eigenvalue weighted by atomic mass is 10.2. The number of benzene rings is 1. The van der Waals surface area contributed by atoms with E-state index in [0.29, 0.717) is 13.2 Å². The van der Waals surface area contributed by atoms with Gasteiger partial charge in [-0.15, -0.1) is 0 Å². The van der Waals surface area contributed by atoms with Gasteiger partial charge in [0.1, 0.15) is 5.82 Å². The van der Waals surface area contributed by atoms with Crippen molar-refractivity contribution < 1.29 is 19.0 Å². The highest BCUT2D eigenvalue weighted by Gasteiger charge is 2.36. The highest BCUT2D eigenvalue weighted by molar-refractivity contribution is 6.23. The number of para-hydroxylation sites is 1. The Morgan fingerprint density at radius 2 is 1.89 bits per heavy atom. The van der Waals surface area contributed by atoms with E-state index in [4.69, 9.17) is 21.1 Å². The zero-order valence-corrected chi connectivity index (χ0v) is 11.8. The zero-order valence-electron chi connectivity index (χ0n) is 11.0. The predicted molar refractivity (Wildman–Crippen MR) is 72.7 cm³/mol. The van der Waals surface area contributed by atoms with E-state index in [1.807, 2.05) is 0 Å². The third-order valence-corrected chi connectivity index (χ3v) is 2.71. The van der Waals surface area contributed by atoms with Gasteiger partial charge < -0.3 is 19.9 Å². The van der Waals surface area contributed by atoms with Crippen molar-refractivity contribution in [2.24, 2.45) is 0 Å². The summed E-state index contributed by atoms with van der Waals surface area (Å²) < 4.78 is 23.9. The first kappa shape index (κ1) is 16.2. The quantitative estimate of drug-likeness (QED) is 0.571. The Morgan fingerprint density at radius 1 is 1.32 bits per heavy atom. The minimum Gasteiger partial charge on any atom is -0.378 e. The number of halogens is 2. The van der Waals surface area contributed by atoms with Crippen LogP contribution in [-0.2, 0) is 9.47 Å². The summed E-state index contributed by atoms with van der Waals surface area (Å²) in [5, 5.41) is 11.1. The summed E-state index contributed by atoms with van der Waals surface area (Å²) in [7, 11) is 0. The number of nitrogens with one attached hydrogen (secondary N) is 1. The predicted octanol–water partition coefficient (Wildman–Crippen LogP) is 2.56. The lowest BCUT2D eigenvalue weighted by Gasteiger charge is -2.30. The molecule has 1 aromatic carbocycles. The van der Waals surface area contributed by atoms with Gasteiger partial charge in [0.15, 0.2) is 0 Å². The number of hydrogen-bond acceptors (Lipinski definition) is 4. The first-order valence-corrected chi connectivity index (χ1v) is 6.52. The summed E-state index contributed by atoms with van der Waals surface area (Å²) in [4.78, 5) is 0. The van der Waals surface area contributed by atoms with E-state index < -0.39 is 17.2 Å². The van der Waals surface area contributed by atoms with Gasteiger partial charge in [-0.2, -0.15) is 0 Å². The molecular formula is C13H19ClFNO3. The summed E-state index contributed by atoms with van der Waals surface area (Å²) >= 11 is 5.98. The Labute approximate surface area is 117 Å². The minimum absolute atomic E-state index is 0.111. The summed E-state index contributed by atoms with van der Waals surface area (Å²) in [5.74, 6) is -0.417. The van der Waals surface area contributed by atoms with E-state index in [1.165, 1.54) is 6.07 Å². The van der Waals surface area contributed by atoms with E-state index in [2.05, 4.69) is 5.32 Å². The van der Waals surface area contributed by atoms with Gasteiger partial charge in [0.25, 0.3) is 0 Å². The van der Waals surface area contributed by atoms with Gasteiger partial charge >= 0.3 is 0 Å². The Bertz CT molecular complexity index is 384. The molecule has 0 spiro atoms. The molecule has 0 radical (unpaired) electrons. The first-order valence-electron chi connectivity index (χ1n) is 6.14. The van der Waals surface area contributed by atoms with Crippen molar-refractivity contribution in [2.75, 3.05) is 25.1 Å². The van der Waals surface area contributed by atoms with Crippen LogP contribution >= 0.6 is 11.6 Å². The third kappa shape index (κ3) is 4.95. The lowest BCUT2D eigenvalue weighted by molar-refractivity contribution is -0.201. The number of hydrogen-bond donors (Lipinski definition) is 2. The second-order valence-electron chi connectivity index (χ2n) is 3.89. The van der Waals surface area contributed by atoms with Gasteiger partial charge in [-0.3, -0.25) is 0 Å². The van der Waals surface area contributed by atoms with Gasteiger partial charge in [-0.05, 0) is 26.0 Å². The molecule has 0 aliphatic rings. The van der Waals surface area contributed by atoms with Crippen molar-refractivity contribution in [2.45, 2.75) is 25.2 Å². The molecule has 0 saturated carbocycles. The van der Waals surface area contributed by atoms with Crippen molar-refractivity contribution >= 4 is 17.3 Å². The molecular weight excluding hydrogens is 273 g/mol. The fourth-order valence-electron chi connectivity index (χ4n) is 1.51. The maximum Gasteiger partial charge on any atom is 0.207 e. The Morgan fingerprint density at radius 3 is 2.42 bits per heavy atom. The highest BCUT2D eigenvalue weighted by Crippen LogP contribution is 2.22. The maximum atomic E-state index is 13.4. The molecule has 1 unspecified atom stereocenters. The van der Waals surface area contributed by atoms with Crippen LogP contribution in [0, 0.1) is 5.82 Å². The molecule has 0 heterocycles. The van der Waals surface area contributed by atoms with Crippen LogP contribution in [0.25, 0.3) is 0 Å². The fraction of sp³-hybridized carbons (Fsp3) is 0.538. The smallest absolute Gasteiger partial charge is 0.207 e. The standard InChI is InChI=1S/C13H19ClFNO3/c1-3-18-12(19-4-2)13(14,17)9-16-11-8-6-5-7-10(11)15/h5-8,12,16-17H,3-4,9H2,1-2H3. The minimum atomic E-state index is -1.78. The molecule has 2 N–H and O–H groups in total. The average Bonchev–Trinajstić information content (AvgIpc) is 2.37. The van der Waals surface area contributed by atoms with Gasteiger partial charge in [0.05, 0.1) is 12.2 Å². The normalized spacial score (nSPS) is 14.4. The molecule has 1 rings (SSSR count). The molecule has 19 heavy (non-hydrogen) atoms. The van der Waals surface area contributed by atoms with Crippen LogP contribution in [0.15, 0.2) is 24.3 Å². The first-order chi connectivity index (χ1) is 9.01. The van der Waals surface area contributed by atoms with Gasteiger partial charge in [0.2, 0.25) is 11.4 Å². The van der Waals surface area contributed by atoms with Crippen molar-refractivity contribution in [1.29, 1.82) is 0 Å². The van der Waals surface area contributed by atoms with E-state index in [9.17, 15) is 9.50 Å². The molecule has 0 aliphatic heterocycles. The zero-order chi connectivity index (χ0) is 14.3. The summed E-state index contributed by atoms with van der Waals surface area (Å²) in [6, 6.07) is 6.13. The largest absolute Gasteiger partial charge is 0.378 e. The third-order valence-electron chi connectivity index (χ3n) is 2.40. The average molecular weight is 292 g/mol. The Hall–Kier alpha value is -0.880. The van der Waals surface area contributed by atoms with Crippen molar-refractivity contribution in [3.05, 3.63) is 30.1 Å². The fourth-order valence-corrected chi connectivity index (χ4v) is 1.71. The summed E-state index contributed by atoms with van der Waals surface area (Å²) in [5.41, 5.74) is 0.258. The molecule has 1 aromatic rings. The molecule has 0 fully saturated rings. The van der Waals surface area contributed by atoms with E-state index in [1.54, 1.807) is 32.0 Å². The molecule has 108 valence electrons. The molecule has 0 aromatic heterocycles. The molecule has 4 nitrogen and oxygen atoms in total. The number of aliphatic hydroxyl groups is 1. The van der Waals surface area contributed by atoms with Crippen molar-refractivity contribution in [3.63, 3.8) is 0 Å². The van der Waals surface area contributed by atoms with Crippen LogP contribution in [0.1, 0.15) is 13.8 Å².